The maximum atomic E-state index is 10.7. The monoisotopic (exact) mass is 412 g/mol. The van der Waals surface area contributed by atoms with Crippen molar-refractivity contribution in [2.75, 3.05) is 0 Å². The average Bonchev–Trinajstić information content (AvgIpc) is 2.70. The third-order valence-corrected chi connectivity index (χ3v) is 5.98. The van der Waals surface area contributed by atoms with Crippen LogP contribution in [0.25, 0.3) is 0 Å². The number of hydrogen-bond acceptors (Lipinski definition) is 4. The molecule has 0 spiro atoms. The molecular formula is C26H36O4. The van der Waals surface area contributed by atoms with Gasteiger partial charge in [-0.1, -0.05) is 64.2 Å². The second-order valence-electron chi connectivity index (χ2n) is 8.63. The fraction of sp³-hybridized carbons (Fsp3) is 0.538. The topological polar surface area (TPSA) is 69.9 Å². The van der Waals surface area contributed by atoms with Crippen molar-refractivity contribution in [1.29, 1.82) is 0 Å². The van der Waals surface area contributed by atoms with E-state index in [-0.39, 0.29) is 23.0 Å². The van der Waals surface area contributed by atoms with Gasteiger partial charge in [0, 0.05) is 17.7 Å². The van der Waals surface area contributed by atoms with Crippen LogP contribution in [0.5, 0.6) is 28.7 Å². The van der Waals surface area contributed by atoms with Crippen molar-refractivity contribution in [2.24, 2.45) is 0 Å². The number of benzene rings is 2. The molecule has 0 aromatic heterocycles. The molecule has 0 saturated heterocycles. The zero-order valence-electron chi connectivity index (χ0n) is 18.0. The molecule has 0 radical (unpaired) electrons. The van der Waals surface area contributed by atoms with E-state index in [1.54, 1.807) is 18.2 Å². The van der Waals surface area contributed by atoms with E-state index in [0.717, 1.165) is 31.2 Å². The second-order valence-corrected chi connectivity index (χ2v) is 8.63. The molecule has 3 N–H and O–H groups in total. The smallest absolute Gasteiger partial charge is 0.173 e. The summed E-state index contributed by atoms with van der Waals surface area (Å²) in [6, 6.07) is 8.27. The van der Waals surface area contributed by atoms with Crippen molar-refractivity contribution >= 4 is 0 Å². The summed E-state index contributed by atoms with van der Waals surface area (Å²) in [5.74, 6) is 1.01. The summed E-state index contributed by atoms with van der Waals surface area (Å²) < 4.78 is 5.88. The first-order chi connectivity index (χ1) is 14.6. The number of fused-ring (bicyclic) bond motifs is 4. The molecule has 0 atom stereocenters. The van der Waals surface area contributed by atoms with E-state index < -0.39 is 0 Å². The molecule has 1 aliphatic heterocycles. The van der Waals surface area contributed by atoms with Crippen LogP contribution in [0.15, 0.2) is 30.3 Å². The summed E-state index contributed by atoms with van der Waals surface area (Å²) in [7, 11) is 0. The van der Waals surface area contributed by atoms with Crippen molar-refractivity contribution in [1.82, 2.24) is 0 Å². The lowest BCUT2D eigenvalue weighted by Crippen LogP contribution is -1.93. The van der Waals surface area contributed by atoms with Crippen LogP contribution in [-0.4, -0.2) is 15.3 Å². The van der Waals surface area contributed by atoms with E-state index in [9.17, 15) is 15.3 Å². The lowest BCUT2D eigenvalue weighted by molar-refractivity contribution is 0.395. The van der Waals surface area contributed by atoms with Gasteiger partial charge in [-0.25, -0.2) is 0 Å². The minimum Gasteiger partial charge on any atom is -0.508 e. The van der Waals surface area contributed by atoms with Crippen molar-refractivity contribution in [3.05, 3.63) is 41.5 Å². The van der Waals surface area contributed by atoms with Gasteiger partial charge in [-0.05, 0) is 49.4 Å². The number of phenols is 3. The van der Waals surface area contributed by atoms with Crippen molar-refractivity contribution in [3.8, 4) is 28.7 Å². The van der Waals surface area contributed by atoms with Gasteiger partial charge in [0.1, 0.15) is 17.2 Å². The van der Waals surface area contributed by atoms with E-state index in [0.29, 0.717) is 17.7 Å². The van der Waals surface area contributed by atoms with Crippen LogP contribution in [0.3, 0.4) is 0 Å². The second kappa shape index (κ2) is 11.7. The molecule has 0 saturated carbocycles. The van der Waals surface area contributed by atoms with Gasteiger partial charge in [0.25, 0.3) is 0 Å². The first-order valence-electron chi connectivity index (χ1n) is 11.7. The highest BCUT2D eigenvalue weighted by molar-refractivity contribution is 5.52. The minimum atomic E-state index is 0.0728. The molecule has 0 fully saturated rings. The van der Waals surface area contributed by atoms with Gasteiger partial charge in [0.05, 0.1) is 0 Å². The quantitative estimate of drug-likeness (QED) is 0.395. The first-order valence-corrected chi connectivity index (χ1v) is 11.7. The maximum Gasteiger partial charge on any atom is 0.173 e. The summed E-state index contributed by atoms with van der Waals surface area (Å²) in [4.78, 5) is 0. The van der Waals surface area contributed by atoms with Crippen LogP contribution in [0.1, 0.15) is 88.2 Å². The van der Waals surface area contributed by atoms with E-state index in [1.165, 1.54) is 63.9 Å². The minimum absolute atomic E-state index is 0.0728. The van der Waals surface area contributed by atoms with Gasteiger partial charge in [-0.2, -0.15) is 0 Å². The summed E-state index contributed by atoms with van der Waals surface area (Å²) in [6.07, 6.45) is 16.4. The Bertz CT molecular complexity index is 800. The highest BCUT2D eigenvalue weighted by Crippen LogP contribution is 2.39. The largest absolute Gasteiger partial charge is 0.508 e. The van der Waals surface area contributed by atoms with E-state index >= 15 is 0 Å². The molecular weight excluding hydrogens is 376 g/mol. The van der Waals surface area contributed by atoms with Crippen LogP contribution < -0.4 is 4.74 Å². The first kappa shape index (κ1) is 22.3. The highest BCUT2D eigenvalue weighted by Gasteiger charge is 2.13. The molecule has 164 valence electrons. The van der Waals surface area contributed by atoms with Crippen LogP contribution in [0, 0.1) is 0 Å². The zero-order valence-corrected chi connectivity index (χ0v) is 18.0. The lowest BCUT2D eigenvalue weighted by atomic mass is 10.0. The third kappa shape index (κ3) is 7.16. The number of ether oxygens (including phenoxy) is 1. The van der Waals surface area contributed by atoms with Gasteiger partial charge in [0.2, 0.25) is 0 Å². The highest BCUT2D eigenvalue weighted by atomic mass is 16.5. The molecule has 4 nitrogen and oxygen atoms in total. The molecule has 4 heteroatoms. The van der Waals surface area contributed by atoms with Crippen LogP contribution in [0.2, 0.25) is 0 Å². The van der Waals surface area contributed by atoms with Crippen molar-refractivity contribution < 1.29 is 20.1 Å². The molecule has 0 aliphatic carbocycles. The Labute approximate surface area is 180 Å². The third-order valence-electron chi connectivity index (χ3n) is 5.98. The summed E-state index contributed by atoms with van der Waals surface area (Å²) in [6.45, 7) is 0. The Morgan fingerprint density at radius 2 is 1.07 bits per heavy atom. The fourth-order valence-corrected chi connectivity index (χ4v) is 4.30. The summed E-state index contributed by atoms with van der Waals surface area (Å²) >= 11 is 0. The number of aryl methyl sites for hydroxylation is 2. The summed E-state index contributed by atoms with van der Waals surface area (Å²) in [5.41, 5.74) is 1.73. The molecule has 30 heavy (non-hydrogen) atoms. The maximum absolute atomic E-state index is 10.7. The van der Waals surface area contributed by atoms with Crippen LogP contribution >= 0.6 is 0 Å². The Morgan fingerprint density at radius 1 is 0.533 bits per heavy atom. The van der Waals surface area contributed by atoms with Crippen LogP contribution in [0.4, 0.5) is 0 Å². The molecule has 0 unspecified atom stereocenters. The Hall–Kier alpha value is -2.36. The molecule has 2 aromatic rings. The molecule has 1 aliphatic rings. The SMILES string of the molecule is Oc1cc2cc(c1)Oc1cc(O)cc(c1O)CCCCCCCCCCCCCC2. The molecule has 2 aromatic carbocycles. The van der Waals surface area contributed by atoms with E-state index in [1.807, 2.05) is 6.07 Å². The predicted octanol–water partition coefficient (Wildman–Crippen LogP) is 7.38. The van der Waals surface area contributed by atoms with Crippen molar-refractivity contribution in [2.45, 2.75) is 89.9 Å². The fourth-order valence-electron chi connectivity index (χ4n) is 4.30. The molecule has 4 bridgehead atoms. The predicted molar refractivity (Wildman–Crippen MR) is 121 cm³/mol. The van der Waals surface area contributed by atoms with Gasteiger partial charge in [-0.3, -0.25) is 0 Å². The zero-order chi connectivity index (χ0) is 21.2. The Morgan fingerprint density at radius 3 is 1.70 bits per heavy atom. The normalized spacial score (nSPS) is 17.5. The molecule has 3 rings (SSSR count). The van der Waals surface area contributed by atoms with Gasteiger partial charge in [-0.15, -0.1) is 0 Å². The number of rotatable bonds is 0. The summed E-state index contributed by atoms with van der Waals surface area (Å²) in [5, 5.41) is 30.9. The molecule has 1 heterocycles. The van der Waals surface area contributed by atoms with Crippen molar-refractivity contribution in [3.63, 3.8) is 0 Å². The Kier molecular flexibility index (Phi) is 8.73. The van der Waals surface area contributed by atoms with Gasteiger partial charge < -0.3 is 20.1 Å². The van der Waals surface area contributed by atoms with Crippen LogP contribution in [-0.2, 0) is 12.8 Å². The lowest BCUT2D eigenvalue weighted by Gasteiger charge is -2.13. The average molecular weight is 413 g/mol. The van der Waals surface area contributed by atoms with E-state index in [2.05, 4.69) is 0 Å². The number of hydrogen-bond donors (Lipinski definition) is 3. The standard InChI is InChI=1S/C26H36O4/c27-22-15-20-13-11-9-7-5-3-1-2-4-6-8-10-12-14-21-17-23(28)19-25(26(21)29)30-24(16-20)18-22/h15-19,27-29H,1-14H2. The van der Waals surface area contributed by atoms with Gasteiger partial charge in [0.15, 0.2) is 11.5 Å². The number of phenolic OH excluding ortho intramolecular Hbond substituents is 3. The van der Waals surface area contributed by atoms with Gasteiger partial charge >= 0.3 is 0 Å². The Balaban J connectivity index is 1.75. The van der Waals surface area contributed by atoms with E-state index in [4.69, 9.17) is 4.74 Å². The molecule has 0 amide bonds. The number of aromatic hydroxyl groups is 3.